The molecule has 208 valence electrons. The topological polar surface area (TPSA) is 105 Å². The standard InChI is InChI=1S/C29H43BrO7/c1-15-24(32)23(30)25(33)26(36-15)37-18-6-9-27(2)17(13-18)4-5-21-20(27)7-10-28(3)19(8-11-29(21,28)34)16-12-22(31)35-14-16/h12,15,17-21,23-26,32-34H,4-11,13-14H2,1-3H3/t15-,17+,18-,19+,20-,21+,23-,24-,25+,26-,27-,28+,29-/m0/s1. The highest BCUT2D eigenvalue weighted by Gasteiger charge is 2.67. The third-order valence-electron chi connectivity index (χ3n) is 12.0. The minimum atomic E-state index is -0.911. The maximum Gasteiger partial charge on any atom is 0.331 e. The molecule has 6 rings (SSSR count). The summed E-state index contributed by atoms with van der Waals surface area (Å²) >= 11 is 3.42. The fourth-order valence-corrected chi connectivity index (χ4v) is 10.5. The molecular formula is C29H43BrO7. The molecule has 1 saturated heterocycles. The molecule has 0 unspecified atom stereocenters. The maximum absolute atomic E-state index is 12.4. The van der Waals surface area contributed by atoms with Gasteiger partial charge in [-0.25, -0.2) is 4.79 Å². The van der Waals surface area contributed by atoms with Crippen LogP contribution in [0, 0.1) is 34.5 Å². The Bertz CT molecular complexity index is 957. The molecule has 3 N–H and O–H groups in total. The molecule has 4 aliphatic carbocycles. The van der Waals surface area contributed by atoms with Gasteiger partial charge in [0.15, 0.2) is 6.29 Å². The SMILES string of the molecule is C[C@@H]1O[C@@H](O[C@H]2CC[C@@]3(C)[C@H](CC[C@@H]4[C@@H]3CC[C@]3(C)[C@@H](C5=CC(=O)OC5)CC[C@]43O)C2)[C@H](O)[C@@H](Br)[C@H]1O. The lowest BCUT2D eigenvalue weighted by atomic mass is 9.43. The van der Waals surface area contributed by atoms with Gasteiger partial charge in [-0.3, -0.25) is 0 Å². The van der Waals surface area contributed by atoms with Gasteiger partial charge in [0.05, 0.1) is 28.7 Å². The van der Waals surface area contributed by atoms with E-state index in [1.807, 2.05) is 6.92 Å². The second-order valence-corrected chi connectivity index (χ2v) is 14.5. The van der Waals surface area contributed by atoms with Crippen LogP contribution in [0.3, 0.4) is 0 Å². The number of esters is 1. The number of ether oxygens (including phenoxy) is 3. The summed E-state index contributed by atoms with van der Waals surface area (Å²) in [6.07, 6.45) is 7.74. The maximum atomic E-state index is 12.4. The van der Waals surface area contributed by atoms with Crippen LogP contribution >= 0.6 is 15.9 Å². The number of cyclic esters (lactones) is 1. The number of rotatable bonds is 3. The molecule has 0 aromatic heterocycles. The number of hydrogen-bond donors (Lipinski definition) is 3. The van der Waals surface area contributed by atoms with Gasteiger partial charge in [0.2, 0.25) is 0 Å². The summed E-state index contributed by atoms with van der Waals surface area (Å²) in [6, 6.07) is 0. The average molecular weight is 584 g/mol. The van der Waals surface area contributed by atoms with E-state index in [1.54, 1.807) is 6.08 Å². The second kappa shape index (κ2) is 9.27. The number of fused-ring (bicyclic) bond motifs is 5. The second-order valence-electron chi connectivity index (χ2n) is 13.5. The van der Waals surface area contributed by atoms with Crippen molar-refractivity contribution in [1.29, 1.82) is 0 Å². The number of alkyl halides is 1. The van der Waals surface area contributed by atoms with E-state index in [-0.39, 0.29) is 34.7 Å². The predicted molar refractivity (Wildman–Crippen MR) is 140 cm³/mol. The van der Waals surface area contributed by atoms with Crippen LogP contribution in [0.15, 0.2) is 11.6 Å². The monoisotopic (exact) mass is 582 g/mol. The quantitative estimate of drug-likeness (QED) is 0.263. The van der Waals surface area contributed by atoms with E-state index < -0.39 is 35.0 Å². The van der Waals surface area contributed by atoms with Crippen molar-refractivity contribution < 1.29 is 34.3 Å². The van der Waals surface area contributed by atoms with E-state index in [9.17, 15) is 20.1 Å². The molecule has 13 atom stereocenters. The van der Waals surface area contributed by atoms with Crippen molar-refractivity contribution in [2.75, 3.05) is 6.61 Å². The summed E-state index contributed by atoms with van der Waals surface area (Å²) in [5, 5.41) is 33.2. The lowest BCUT2D eigenvalue weighted by molar-refractivity contribution is -0.282. The van der Waals surface area contributed by atoms with Gasteiger partial charge in [-0.2, -0.15) is 0 Å². The van der Waals surface area contributed by atoms with Crippen LogP contribution < -0.4 is 0 Å². The first-order valence-corrected chi connectivity index (χ1v) is 15.3. The van der Waals surface area contributed by atoms with E-state index in [1.165, 1.54) is 0 Å². The van der Waals surface area contributed by atoms with E-state index in [2.05, 4.69) is 29.8 Å². The molecule has 37 heavy (non-hydrogen) atoms. The van der Waals surface area contributed by atoms with Gasteiger partial charge in [-0.15, -0.1) is 0 Å². The Morgan fingerprint density at radius 2 is 1.81 bits per heavy atom. The third kappa shape index (κ3) is 3.94. The molecule has 0 radical (unpaired) electrons. The Balaban J connectivity index is 1.16. The zero-order valence-electron chi connectivity index (χ0n) is 22.3. The summed E-state index contributed by atoms with van der Waals surface area (Å²) < 4.78 is 17.4. The summed E-state index contributed by atoms with van der Waals surface area (Å²) in [5.41, 5.74) is 0.339. The Kier molecular flexibility index (Phi) is 6.69. The summed E-state index contributed by atoms with van der Waals surface area (Å²) in [7, 11) is 0. The molecule has 0 aromatic carbocycles. The Labute approximate surface area is 228 Å². The molecule has 0 spiro atoms. The van der Waals surface area contributed by atoms with Gasteiger partial charge >= 0.3 is 5.97 Å². The number of aliphatic hydroxyl groups excluding tert-OH is 2. The number of hydrogen-bond acceptors (Lipinski definition) is 7. The van der Waals surface area contributed by atoms with Crippen LogP contribution in [0.4, 0.5) is 0 Å². The molecule has 7 nitrogen and oxygen atoms in total. The minimum absolute atomic E-state index is 0.0241. The Morgan fingerprint density at radius 1 is 1.03 bits per heavy atom. The van der Waals surface area contributed by atoms with Crippen LogP contribution in [0.25, 0.3) is 0 Å². The van der Waals surface area contributed by atoms with Crippen LogP contribution in [-0.2, 0) is 19.0 Å². The van der Waals surface area contributed by atoms with Crippen molar-refractivity contribution in [3.63, 3.8) is 0 Å². The highest BCUT2D eigenvalue weighted by Crippen LogP contribution is 2.70. The molecule has 0 amide bonds. The number of carbonyl (C=O) groups is 1. The number of halogens is 1. The lowest BCUT2D eigenvalue weighted by Gasteiger charge is -2.64. The fourth-order valence-electron chi connectivity index (χ4n) is 9.78. The van der Waals surface area contributed by atoms with Crippen LogP contribution in [0.1, 0.15) is 78.6 Å². The van der Waals surface area contributed by atoms with E-state index in [0.29, 0.717) is 18.4 Å². The van der Waals surface area contributed by atoms with Gasteiger partial charge in [0.25, 0.3) is 0 Å². The molecule has 2 aliphatic heterocycles. The Morgan fingerprint density at radius 3 is 2.54 bits per heavy atom. The minimum Gasteiger partial charge on any atom is -0.458 e. The molecule has 0 bridgehead atoms. The number of aliphatic hydroxyl groups is 3. The van der Waals surface area contributed by atoms with Gasteiger partial charge in [0.1, 0.15) is 12.7 Å². The largest absolute Gasteiger partial charge is 0.458 e. The fraction of sp³-hybridized carbons (Fsp3) is 0.897. The van der Waals surface area contributed by atoms with Crippen LogP contribution in [0.2, 0.25) is 0 Å². The third-order valence-corrected chi connectivity index (χ3v) is 13.1. The first kappa shape index (κ1) is 26.7. The Hall–Kier alpha value is -0.510. The first-order chi connectivity index (χ1) is 17.5. The number of carbonyl (C=O) groups excluding carboxylic acids is 1. The molecule has 5 fully saturated rings. The summed E-state index contributed by atoms with van der Waals surface area (Å²) in [5.74, 6) is 1.27. The van der Waals surface area contributed by atoms with Crippen LogP contribution in [-0.4, -0.2) is 69.0 Å². The average Bonchev–Trinajstić information content (AvgIpc) is 3.41. The van der Waals surface area contributed by atoms with E-state index in [0.717, 1.165) is 63.4 Å². The van der Waals surface area contributed by atoms with Gasteiger partial charge in [0, 0.05) is 11.5 Å². The van der Waals surface area contributed by atoms with Gasteiger partial charge in [-0.1, -0.05) is 29.8 Å². The van der Waals surface area contributed by atoms with Crippen molar-refractivity contribution in [3.8, 4) is 0 Å². The van der Waals surface area contributed by atoms with Crippen molar-refractivity contribution in [3.05, 3.63) is 11.6 Å². The zero-order valence-corrected chi connectivity index (χ0v) is 23.9. The normalized spacial score (nSPS) is 55.6. The molecule has 6 aliphatic rings. The molecular weight excluding hydrogens is 540 g/mol. The van der Waals surface area contributed by atoms with Gasteiger partial charge in [-0.05, 0) is 99.4 Å². The molecule has 0 aromatic rings. The highest BCUT2D eigenvalue weighted by molar-refractivity contribution is 9.09. The summed E-state index contributed by atoms with van der Waals surface area (Å²) in [6.45, 7) is 6.92. The molecule has 2 heterocycles. The van der Waals surface area contributed by atoms with Crippen molar-refractivity contribution >= 4 is 21.9 Å². The van der Waals surface area contributed by atoms with E-state index >= 15 is 0 Å². The zero-order chi connectivity index (χ0) is 26.3. The first-order valence-electron chi connectivity index (χ1n) is 14.4. The van der Waals surface area contributed by atoms with Crippen LogP contribution in [0.5, 0.6) is 0 Å². The molecule has 8 heteroatoms. The van der Waals surface area contributed by atoms with Crippen molar-refractivity contribution in [2.24, 2.45) is 34.5 Å². The highest BCUT2D eigenvalue weighted by atomic mass is 79.9. The van der Waals surface area contributed by atoms with E-state index in [4.69, 9.17) is 14.2 Å². The summed E-state index contributed by atoms with van der Waals surface area (Å²) in [4.78, 5) is 11.3. The lowest BCUT2D eigenvalue weighted by Crippen LogP contribution is -2.62. The van der Waals surface area contributed by atoms with Crippen molar-refractivity contribution in [1.82, 2.24) is 0 Å². The van der Waals surface area contributed by atoms with Gasteiger partial charge < -0.3 is 29.5 Å². The smallest absolute Gasteiger partial charge is 0.331 e. The van der Waals surface area contributed by atoms with Crippen molar-refractivity contribution in [2.45, 2.75) is 120 Å². The predicted octanol–water partition coefficient (Wildman–Crippen LogP) is 3.86. The molecule has 4 saturated carbocycles.